The molecule has 2 aliphatic rings. The van der Waals surface area contributed by atoms with Crippen molar-refractivity contribution < 1.29 is 0 Å². The third kappa shape index (κ3) is 3.78. The van der Waals surface area contributed by atoms with Crippen molar-refractivity contribution in [3.63, 3.8) is 0 Å². The molecule has 3 unspecified atom stereocenters. The number of hydrogen-bond donors (Lipinski definition) is 0. The summed E-state index contributed by atoms with van der Waals surface area (Å²) in [6, 6.07) is 38.1. The van der Waals surface area contributed by atoms with Crippen molar-refractivity contribution in [3.05, 3.63) is 149 Å². The molecule has 0 amide bonds. The zero-order valence-corrected chi connectivity index (χ0v) is 18.8. The van der Waals surface area contributed by atoms with Crippen LogP contribution in [0.5, 0.6) is 0 Å². The lowest BCUT2D eigenvalue weighted by molar-refractivity contribution is 0.430. The fourth-order valence-electron chi connectivity index (χ4n) is 6.00. The molecule has 0 heterocycles. The van der Waals surface area contributed by atoms with Crippen molar-refractivity contribution in [1.82, 2.24) is 0 Å². The Bertz CT molecular complexity index is 1320. The summed E-state index contributed by atoms with van der Waals surface area (Å²) in [5.74, 6) is 1.28. The Labute approximate surface area is 196 Å². The van der Waals surface area contributed by atoms with Crippen molar-refractivity contribution in [1.29, 1.82) is 0 Å². The Morgan fingerprint density at radius 1 is 0.727 bits per heavy atom. The van der Waals surface area contributed by atoms with Crippen LogP contribution in [0, 0.1) is 5.92 Å². The van der Waals surface area contributed by atoms with Crippen LogP contribution in [-0.2, 0) is 12.8 Å². The van der Waals surface area contributed by atoms with E-state index in [1.165, 1.54) is 38.9 Å². The van der Waals surface area contributed by atoms with E-state index in [4.69, 9.17) is 0 Å². The Morgan fingerprint density at radius 3 is 2.24 bits per heavy atom. The van der Waals surface area contributed by atoms with Crippen molar-refractivity contribution in [3.8, 4) is 11.1 Å². The normalized spacial score (nSPS) is 17.5. The summed E-state index contributed by atoms with van der Waals surface area (Å²) in [7, 11) is 0. The average Bonchev–Trinajstić information content (AvgIpc) is 3.53. The molecule has 0 N–H and O–H groups in total. The SMILES string of the molecule is C1=CCC(C(c2ccccc2)C(Cc2ccccc2)c2cccc3c2Cc2ccccc2-3)C=1. The second-order valence-corrected chi connectivity index (χ2v) is 9.38. The lowest BCUT2D eigenvalue weighted by atomic mass is 9.70. The van der Waals surface area contributed by atoms with Crippen LogP contribution in [0.4, 0.5) is 0 Å². The summed E-state index contributed by atoms with van der Waals surface area (Å²) in [5.41, 5.74) is 13.6. The van der Waals surface area contributed by atoms with Gasteiger partial charge in [0, 0.05) is 0 Å². The Balaban J connectivity index is 1.51. The highest BCUT2D eigenvalue weighted by atomic mass is 14.4. The molecule has 0 fully saturated rings. The molecule has 0 spiro atoms. The lowest BCUT2D eigenvalue weighted by Crippen LogP contribution is -2.21. The van der Waals surface area contributed by atoms with Crippen LogP contribution in [0.3, 0.4) is 0 Å². The molecule has 160 valence electrons. The molecule has 4 aromatic carbocycles. The Kier molecular flexibility index (Phi) is 5.31. The van der Waals surface area contributed by atoms with E-state index in [2.05, 4.69) is 121 Å². The Hall–Kier alpha value is -3.60. The van der Waals surface area contributed by atoms with E-state index in [1.807, 2.05) is 0 Å². The van der Waals surface area contributed by atoms with Gasteiger partial charge >= 0.3 is 0 Å². The van der Waals surface area contributed by atoms with Gasteiger partial charge in [-0.1, -0.05) is 103 Å². The minimum absolute atomic E-state index is 0.397. The standard InChI is InChI=1S/C33H28/c1-3-12-24(13-4-1)22-32(33(26-16-7-8-17-26)25-14-5-2-6-15-25)30-21-11-20-29-28-19-10-9-18-27(28)23-31(29)30/h1-7,9-15,17-21,26,32-33H,16,22-23H2. The monoisotopic (exact) mass is 424 g/mol. The summed E-state index contributed by atoms with van der Waals surface area (Å²) >= 11 is 0. The first-order valence-electron chi connectivity index (χ1n) is 12.1. The molecule has 3 atom stereocenters. The predicted octanol–water partition coefficient (Wildman–Crippen LogP) is 8.10. The van der Waals surface area contributed by atoms with E-state index in [0.29, 0.717) is 17.8 Å². The number of rotatable bonds is 6. The van der Waals surface area contributed by atoms with Crippen LogP contribution in [0.2, 0.25) is 0 Å². The fraction of sp³-hybridized carbons (Fsp3) is 0.182. The highest BCUT2D eigenvalue weighted by molar-refractivity contribution is 5.78. The molecule has 6 rings (SSSR count). The van der Waals surface area contributed by atoms with Gasteiger partial charge in [0.2, 0.25) is 0 Å². The largest absolute Gasteiger partial charge is 0.129 e. The van der Waals surface area contributed by atoms with Crippen molar-refractivity contribution in [2.75, 3.05) is 0 Å². The highest BCUT2D eigenvalue weighted by Gasteiger charge is 2.34. The van der Waals surface area contributed by atoms with Crippen molar-refractivity contribution in [2.24, 2.45) is 5.92 Å². The summed E-state index contributed by atoms with van der Waals surface area (Å²) < 4.78 is 0. The summed E-state index contributed by atoms with van der Waals surface area (Å²) in [4.78, 5) is 0. The van der Waals surface area contributed by atoms with Gasteiger partial charge in [-0.15, -0.1) is 5.73 Å². The van der Waals surface area contributed by atoms with Crippen LogP contribution in [0.25, 0.3) is 11.1 Å². The molecular formula is C33H28. The quantitative estimate of drug-likeness (QED) is 0.242. The summed E-state index contributed by atoms with van der Waals surface area (Å²) in [5, 5.41) is 0. The minimum atomic E-state index is 0.397. The first kappa shape index (κ1) is 20.0. The van der Waals surface area contributed by atoms with Gasteiger partial charge < -0.3 is 0 Å². The highest BCUT2D eigenvalue weighted by Crippen LogP contribution is 2.48. The molecule has 0 aromatic heterocycles. The van der Waals surface area contributed by atoms with Gasteiger partial charge in [0.25, 0.3) is 0 Å². The molecule has 4 aromatic rings. The first-order chi connectivity index (χ1) is 16.4. The maximum atomic E-state index is 3.41. The molecule has 0 nitrogen and oxygen atoms in total. The second-order valence-electron chi connectivity index (χ2n) is 9.38. The third-order valence-corrected chi connectivity index (χ3v) is 7.48. The zero-order valence-electron chi connectivity index (χ0n) is 18.8. The molecule has 0 bridgehead atoms. The van der Waals surface area contributed by atoms with E-state index in [9.17, 15) is 0 Å². The Morgan fingerprint density at radius 2 is 1.45 bits per heavy atom. The van der Waals surface area contributed by atoms with Gasteiger partial charge in [0.05, 0.1) is 0 Å². The molecule has 0 radical (unpaired) electrons. The van der Waals surface area contributed by atoms with Gasteiger partial charge in [-0.3, -0.25) is 0 Å². The van der Waals surface area contributed by atoms with E-state index in [-0.39, 0.29) is 0 Å². The maximum Gasteiger partial charge on any atom is -0.00106 e. The number of benzene rings is 4. The molecule has 0 heteroatoms. The fourth-order valence-corrected chi connectivity index (χ4v) is 6.00. The maximum absolute atomic E-state index is 3.41. The zero-order chi connectivity index (χ0) is 22.0. The molecule has 0 aliphatic heterocycles. The van der Waals surface area contributed by atoms with E-state index < -0.39 is 0 Å². The minimum Gasteiger partial charge on any atom is -0.129 e. The van der Waals surface area contributed by atoms with Gasteiger partial charge in [-0.25, -0.2) is 0 Å². The average molecular weight is 425 g/mol. The van der Waals surface area contributed by atoms with Crippen LogP contribution >= 0.6 is 0 Å². The number of allylic oxidation sites excluding steroid dienone is 1. The van der Waals surface area contributed by atoms with Crippen LogP contribution in [-0.4, -0.2) is 0 Å². The van der Waals surface area contributed by atoms with Gasteiger partial charge in [0.1, 0.15) is 0 Å². The summed E-state index contributed by atoms with van der Waals surface area (Å²) in [6.07, 6.45) is 7.67. The van der Waals surface area contributed by atoms with Crippen molar-refractivity contribution >= 4 is 0 Å². The predicted molar refractivity (Wildman–Crippen MR) is 138 cm³/mol. The molecule has 33 heavy (non-hydrogen) atoms. The van der Waals surface area contributed by atoms with Crippen LogP contribution in [0.15, 0.2) is 121 Å². The third-order valence-electron chi connectivity index (χ3n) is 7.48. The van der Waals surface area contributed by atoms with Gasteiger partial charge in [-0.05, 0) is 88.1 Å². The molecule has 0 saturated carbocycles. The van der Waals surface area contributed by atoms with Gasteiger partial charge in [0.15, 0.2) is 0 Å². The lowest BCUT2D eigenvalue weighted by Gasteiger charge is -2.33. The van der Waals surface area contributed by atoms with E-state index >= 15 is 0 Å². The van der Waals surface area contributed by atoms with Crippen molar-refractivity contribution in [2.45, 2.75) is 31.1 Å². The smallest absolute Gasteiger partial charge is 0.00106 e. The number of fused-ring (bicyclic) bond motifs is 3. The van der Waals surface area contributed by atoms with Crippen LogP contribution in [0.1, 0.15) is 46.1 Å². The van der Waals surface area contributed by atoms with E-state index in [1.54, 1.807) is 0 Å². The number of hydrogen-bond acceptors (Lipinski definition) is 0. The van der Waals surface area contributed by atoms with Crippen LogP contribution < -0.4 is 0 Å². The molecule has 2 aliphatic carbocycles. The van der Waals surface area contributed by atoms with Gasteiger partial charge in [-0.2, -0.15) is 0 Å². The summed E-state index contributed by atoms with van der Waals surface area (Å²) in [6.45, 7) is 0. The molecule has 0 saturated heterocycles. The first-order valence-corrected chi connectivity index (χ1v) is 12.1. The molecular weight excluding hydrogens is 396 g/mol. The van der Waals surface area contributed by atoms with E-state index in [0.717, 1.165) is 19.3 Å². The second kappa shape index (κ2) is 8.74. The topological polar surface area (TPSA) is 0 Å².